The highest BCUT2D eigenvalue weighted by Crippen LogP contribution is 2.47. The van der Waals surface area contributed by atoms with Gasteiger partial charge in [-0.15, -0.1) is 0 Å². The summed E-state index contributed by atoms with van der Waals surface area (Å²) in [4.78, 5) is 11.9. The minimum atomic E-state index is -0.522. The maximum atomic E-state index is 11.9. The molecule has 2 unspecified atom stereocenters. The van der Waals surface area contributed by atoms with E-state index in [2.05, 4.69) is 6.07 Å². The third-order valence-corrected chi connectivity index (χ3v) is 3.81. The minimum Gasteiger partial charge on any atom is -0.392 e. The zero-order valence-corrected chi connectivity index (χ0v) is 9.31. The molecule has 0 amide bonds. The molecule has 0 bridgehead atoms. The van der Waals surface area contributed by atoms with Crippen molar-refractivity contribution >= 4 is 5.78 Å². The molecule has 2 rings (SSSR count). The van der Waals surface area contributed by atoms with Gasteiger partial charge in [0, 0.05) is 11.3 Å². The number of rotatable bonds is 1. The predicted molar refractivity (Wildman–Crippen MR) is 59.2 cm³/mol. The van der Waals surface area contributed by atoms with Crippen LogP contribution in [-0.4, -0.2) is 17.5 Å². The average molecular weight is 217 g/mol. The topological polar surface area (TPSA) is 61.1 Å². The van der Waals surface area contributed by atoms with Gasteiger partial charge in [0.15, 0.2) is 5.78 Å². The number of aliphatic hydroxyl groups excluding tert-OH is 1. The van der Waals surface area contributed by atoms with Crippen LogP contribution in [0.5, 0.6) is 0 Å². The molecule has 0 aromatic carbocycles. The second kappa shape index (κ2) is 3.88. The Bertz CT molecular complexity index is 416. The van der Waals surface area contributed by atoms with Crippen LogP contribution in [-0.2, 0) is 4.79 Å². The smallest absolute Gasteiger partial charge is 0.162 e. The van der Waals surface area contributed by atoms with E-state index in [0.717, 1.165) is 5.57 Å². The Morgan fingerprint density at radius 1 is 1.69 bits per heavy atom. The highest BCUT2D eigenvalue weighted by molar-refractivity contribution is 5.97. The van der Waals surface area contributed by atoms with Gasteiger partial charge in [-0.05, 0) is 24.5 Å². The van der Waals surface area contributed by atoms with Crippen molar-refractivity contribution in [3.8, 4) is 6.07 Å². The highest BCUT2D eigenvalue weighted by atomic mass is 16.3. The minimum absolute atomic E-state index is 0.00898. The van der Waals surface area contributed by atoms with Crippen molar-refractivity contribution in [1.29, 1.82) is 5.26 Å². The monoisotopic (exact) mass is 217 g/mol. The quantitative estimate of drug-likeness (QED) is 0.678. The molecule has 0 aromatic heterocycles. The van der Waals surface area contributed by atoms with Gasteiger partial charge < -0.3 is 5.11 Å². The molecule has 0 saturated carbocycles. The maximum absolute atomic E-state index is 11.9. The van der Waals surface area contributed by atoms with Gasteiger partial charge >= 0.3 is 0 Å². The number of nitrogens with zero attached hydrogens (tertiary/aromatic N) is 1. The number of carbonyl (C=O) groups excluding carboxylic acids is 1. The van der Waals surface area contributed by atoms with Crippen LogP contribution in [0, 0.1) is 28.6 Å². The summed E-state index contributed by atoms with van der Waals surface area (Å²) in [5, 5.41) is 18.3. The molecule has 3 heteroatoms. The summed E-state index contributed by atoms with van der Waals surface area (Å²) < 4.78 is 0. The zero-order chi connectivity index (χ0) is 11.8. The third-order valence-electron chi connectivity index (χ3n) is 3.81. The van der Waals surface area contributed by atoms with Crippen LogP contribution in [0.2, 0.25) is 0 Å². The van der Waals surface area contributed by atoms with Crippen LogP contribution in [0.1, 0.15) is 19.8 Å². The molecule has 0 radical (unpaired) electrons. The number of fused-ring (bicyclic) bond motifs is 1. The van der Waals surface area contributed by atoms with E-state index >= 15 is 0 Å². The molecule has 2 aliphatic rings. The summed E-state index contributed by atoms with van der Waals surface area (Å²) in [7, 11) is 0. The SMILES string of the molecule is CC12CC(CO)=CC[C@H](C#N)C1C=CC2=O. The molecule has 3 atom stereocenters. The van der Waals surface area contributed by atoms with Gasteiger partial charge in [-0.2, -0.15) is 5.26 Å². The van der Waals surface area contributed by atoms with E-state index in [-0.39, 0.29) is 24.2 Å². The summed E-state index contributed by atoms with van der Waals surface area (Å²) in [5.74, 6) is -0.0824. The molecule has 0 aliphatic heterocycles. The maximum Gasteiger partial charge on any atom is 0.162 e. The molecular weight excluding hydrogens is 202 g/mol. The first-order valence-electron chi connectivity index (χ1n) is 5.53. The average Bonchev–Trinajstić information content (AvgIpc) is 2.49. The molecule has 0 saturated heterocycles. The lowest BCUT2D eigenvalue weighted by atomic mass is 9.70. The number of aliphatic hydroxyl groups is 1. The number of carbonyl (C=O) groups is 1. The Morgan fingerprint density at radius 3 is 3.06 bits per heavy atom. The highest BCUT2D eigenvalue weighted by Gasteiger charge is 2.47. The number of hydrogen-bond donors (Lipinski definition) is 1. The largest absolute Gasteiger partial charge is 0.392 e. The lowest BCUT2D eigenvalue weighted by Gasteiger charge is -2.30. The lowest BCUT2D eigenvalue weighted by molar-refractivity contribution is -0.124. The van der Waals surface area contributed by atoms with Crippen LogP contribution in [0.3, 0.4) is 0 Å². The number of hydrogen-bond acceptors (Lipinski definition) is 3. The van der Waals surface area contributed by atoms with Crippen LogP contribution in [0.15, 0.2) is 23.8 Å². The van der Waals surface area contributed by atoms with Gasteiger partial charge in [0.05, 0.1) is 18.6 Å². The Balaban J connectivity index is 2.40. The molecule has 0 aromatic rings. The van der Waals surface area contributed by atoms with Crippen molar-refractivity contribution in [1.82, 2.24) is 0 Å². The predicted octanol–water partition coefficient (Wildman–Crippen LogP) is 1.60. The summed E-state index contributed by atoms with van der Waals surface area (Å²) in [5.41, 5.74) is 0.355. The molecule has 0 spiro atoms. The number of allylic oxidation sites excluding steroid dienone is 3. The van der Waals surface area contributed by atoms with E-state index < -0.39 is 5.41 Å². The normalized spacial score (nSPS) is 37.6. The number of nitriles is 1. The van der Waals surface area contributed by atoms with E-state index in [1.165, 1.54) is 0 Å². The standard InChI is InChI=1S/C13H15NO2/c1-13-6-9(8-15)2-3-10(7-14)11(13)4-5-12(13)16/h2,4-5,10-11,15H,3,6,8H2,1H3/t10-,11?,13?/m1/s1. The second-order valence-corrected chi connectivity index (χ2v) is 4.84. The Morgan fingerprint density at radius 2 is 2.44 bits per heavy atom. The zero-order valence-electron chi connectivity index (χ0n) is 9.31. The third kappa shape index (κ3) is 1.50. The molecule has 3 nitrogen and oxygen atoms in total. The first-order valence-corrected chi connectivity index (χ1v) is 5.53. The number of ketones is 1. The molecule has 2 aliphatic carbocycles. The van der Waals surface area contributed by atoms with Crippen LogP contribution in [0.4, 0.5) is 0 Å². The lowest BCUT2D eigenvalue weighted by Crippen LogP contribution is -2.33. The van der Waals surface area contributed by atoms with Crippen molar-refractivity contribution in [2.45, 2.75) is 19.8 Å². The van der Waals surface area contributed by atoms with Crippen LogP contribution >= 0.6 is 0 Å². The van der Waals surface area contributed by atoms with Crippen LogP contribution < -0.4 is 0 Å². The Hall–Kier alpha value is -1.40. The van der Waals surface area contributed by atoms with Gasteiger partial charge in [-0.3, -0.25) is 4.79 Å². The molecule has 0 fully saturated rings. The van der Waals surface area contributed by atoms with Crippen molar-refractivity contribution in [2.75, 3.05) is 6.61 Å². The van der Waals surface area contributed by atoms with Gasteiger partial charge in [0.1, 0.15) is 0 Å². The fourth-order valence-corrected chi connectivity index (χ4v) is 2.78. The summed E-state index contributed by atoms with van der Waals surface area (Å²) in [6.45, 7) is 1.88. The van der Waals surface area contributed by atoms with Crippen molar-refractivity contribution in [2.24, 2.45) is 17.3 Å². The fourth-order valence-electron chi connectivity index (χ4n) is 2.78. The van der Waals surface area contributed by atoms with E-state index in [4.69, 9.17) is 5.26 Å². The molecular formula is C13H15NO2. The first-order chi connectivity index (χ1) is 7.61. The Kier molecular flexibility index (Phi) is 2.69. The van der Waals surface area contributed by atoms with Gasteiger partial charge in [0.25, 0.3) is 0 Å². The van der Waals surface area contributed by atoms with Gasteiger partial charge in [0.2, 0.25) is 0 Å². The van der Waals surface area contributed by atoms with Crippen LogP contribution in [0.25, 0.3) is 0 Å². The van der Waals surface area contributed by atoms with E-state index in [0.29, 0.717) is 12.8 Å². The molecule has 16 heavy (non-hydrogen) atoms. The Labute approximate surface area is 95.1 Å². The summed E-state index contributed by atoms with van der Waals surface area (Å²) in [6.07, 6.45) is 6.57. The summed E-state index contributed by atoms with van der Waals surface area (Å²) in [6, 6.07) is 2.28. The van der Waals surface area contributed by atoms with Crippen molar-refractivity contribution < 1.29 is 9.90 Å². The van der Waals surface area contributed by atoms with E-state index in [9.17, 15) is 9.90 Å². The van der Waals surface area contributed by atoms with Crippen molar-refractivity contribution in [3.63, 3.8) is 0 Å². The van der Waals surface area contributed by atoms with E-state index in [1.54, 1.807) is 6.08 Å². The second-order valence-electron chi connectivity index (χ2n) is 4.84. The molecule has 1 N–H and O–H groups in total. The molecule has 84 valence electrons. The van der Waals surface area contributed by atoms with Gasteiger partial charge in [-0.25, -0.2) is 0 Å². The first kappa shape index (κ1) is 11.1. The van der Waals surface area contributed by atoms with Crippen molar-refractivity contribution in [3.05, 3.63) is 23.8 Å². The van der Waals surface area contributed by atoms with Gasteiger partial charge in [-0.1, -0.05) is 19.1 Å². The van der Waals surface area contributed by atoms with E-state index in [1.807, 2.05) is 19.1 Å². The summed E-state index contributed by atoms with van der Waals surface area (Å²) >= 11 is 0. The fraction of sp³-hybridized carbons (Fsp3) is 0.538. The molecule has 0 heterocycles.